The second-order valence-corrected chi connectivity index (χ2v) is 11.9. The van der Waals surface area contributed by atoms with Gasteiger partial charge in [-0.05, 0) is 38.0 Å². The molecule has 1 saturated heterocycles. The van der Waals surface area contributed by atoms with E-state index in [0.29, 0.717) is 23.8 Å². The first-order valence-corrected chi connectivity index (χ1v) is 13.6. The van der Waals surface area contributed by atoms with Crippen LogP contribution >= 0.6 is 11.3 Å². The maximum absolute atomic E-state index is 12.8. The van der Waals surface area contributed by atoms with Gasteiger partial charge in [-0.2, -0.15) is 4.31 Å². The number of amides is 1. The van der Waals surface area contributed by atoms with Crippen LogP contribution in [0.4, 0.5) is 0 Å². The highest BCUT2D eigenvalue weighted by atomic mass is 32.2. The van der Waals surface area contributed by atoms with E-state index in [1.165, 1.54) is 22.5 Å². The van der Waals surface area contributed by atoms with Gasteiger partial charge in [0.2, 0.25) is 10.0 Å². The molecular weight excluding hydrogens is 470 g/mol. The monoisotopic (exact) mass is 491 g/mol. The molecule has 1 aliphatic rings. The molecule has 0 saturated carbocycles. The Balaban J connectivity index is 1.59. The first-order valence-electron chi connectivity index (χ1n) is 9.89. The molecular formula is C21H21N3O5S3. The van der Waals surface area contributed by atoms with Crippen molar-refractivity contribution in [3.05, 3.63) is 65.2 Å². The minimum Gasteiger partial charge on any atom is -0.267 e. The third-order valence-electron chi connectivity index (χ3n) is 5.07. The molecule has 8 nitrogen and oxygen atoms in total. The number of hydrogen-bond acceptors (Lipinski definition) is 7. The van der Waals surface area contributed by atoms with E-state index >= 15 is 0 Å². The summed E-state index contributed by atoms with van der Waals surface area (Å²) in [5.74, 6) is -0.810. The van der Waals surface area contributed by atoms with E-state index in [9.17, 15) is 21.6 Å². The third-order valence-corrected chi connectivity index (χ3v) is 9.50. The van der Waals surface area contributed by atoms with Crippen LogP contribution < -0.4 is 4.72 Å². The molecule has 1 N–H and O–H groups in total. The zero-order chi connectivity index (χ0) is 22.9. The molecule has 0 bridgehead atoms. The van der Waals surface area contributed by atoms with Crippen LogP contribution in [0.5, 0.6) is 0 Å². The van der Waals surface area contributed by atoms with E-state index in [2.05, 4.69) is 4.98 Å². The molecule has 1 aromatic heterocycles. The predicted molar refractivity (Wildman–Crippen MR) is 121 cm³/mol. The van der Waals surface area contributed by atoms with Crippen molar-refractivity contribution in [2.75, 3.05) is 13.1 Å². The Hall–Kier alpha value is -2.60. The molecule has 0 spiro atoms. The Morgan fingerprint density at radius 2 is 1.62 bits per heavy atom. The Labute approximate surface area is 191 Å². The summed E-state index contributed by atoms with van der Waals surface area (Å²) in [6.45, 7) is 2.45. The number of aromatic nitrogens is 1. The molecule has 3 aromatic rings. The van der Waals surface area contributed by atoms with Gasteiger partial charge in [-0.3, -0.25) is 4.79 Å². The average molecular weight is 492 g/mol. The van der Waals surface area contributed by atoms with Gasteiger partial charge in [-0.1, -0.05) is 36.4 Å². The van der Waals surface area contributed by atoms with Crippen molar-refractivity contribution in [3.63, 3.8) is 0 Å². The van der Waals surface area contributed by atoms with Crippen molar-refractivity contribution in [2.45, 2.75) is 29.6 Å². The second kappa shape index (κ2) is 8.74. The van der Waals surface area contributed by atoms with Crippen LogP contribution in [0.1, 0.15) is 28.2 Å². The standard InChI is InChI=1S/C21H21N3O5S3/c1-15-19(30-21(22-15)16-8-3-2-4-9-16)20(25)23-31(26,27)17-10-7-11-18(14-17)32(28,29)24-12-5-6-13-24/h2-4,7-11,14H,5-6,12-13H2,1H3,(H,23,25). The minimum atomic E-state index is -4.29. The smallest absolute Gasteiger partial charge is 0.267 e. The number of hydrogen-bond donors (Lipinski definition) is 1. The summed E-state index contributed by atoms with van der Waals surface area (Å²) in [6, 6.07) is 14.3. The van der Waals surface area contributed by atoms with Gasteiger partial charge >= 0.3 is 0 Å². The molecule has 0 atom stereocenters. The molecule has 4 rings (SSSR count). The van der Waals surface area contributed by atoms with Gasteiger partial charge in [0.1, 0.15) is 9.88 Å². The Morgan fingerprint density at radius 1 is 0.969 bits per heavy atom. The first-order chi connectivity index (χ1) is 15.2. The summed E-state index contributed by atoms with van der Waals surface area (Å²) in [6.07, 6.45) is 1.54. The Bertz CT molecular complexity index is 1360. The molecule has 2 aromatic carbocycles. The molecule has 32 heavy (non-hydrogen) atoms. The lowest BCUT2D eigenvalue weighted by Crippen LogP contribution is -2.31. The van der Waals surface area contributed by atoms with Crippen molar-refractivity contribution < 1.29 is 21.6 Å². The predicted octanol–water partition coefficient (Wildman–Crippen LogP) is 3.02. The number of nitrogens with one attached hydrogen (secondary N) is 1. The number of sulfonamides is 2. The lowest BCUT2D eigenvalue weighted by atomic mass is 10.2. The van der Waals surface area contributed by atoms with Crippen molar-refractivity contribution in [2.24, 2.45) is 0 Å². The number of carbonyl (C=O) groups excluding carboxylic acids is 1. The van der Waals surface area contributed by atoms with Crippen LogP contribution in [-0.4, -0.2) is 45.1 Å². The molecule has 1 fully saturated rings. The van der Waals surface area contributed by atoms with E-state index in [-0.39, 0.29) is 14.7 Å². The lowest BCUT2D eigenvalue weighted by Gasteiger charge is -2.16. The molecule has 1 aliphatic heterocycles. The summed E-state index contributed by atoms with van der Waals surface area (Å²) in [4.78, 5) is 16.9. The maximum atomic E-state index is 12.8. The number of aryl methyl sites for hydroxylation is 1. The van der Waals surface area contributed by atoms with E-state index in [1.807, 2.05) is 35.1 Å². The van der Waals surface area contributed by atoms with Crippen LogP contribution in [0.15, 0.2) is 64.4 Å². The summed E-state index contributed by atoms with van der Waals surface area (Å²) in [5, 5.41) is 0.601. The highest BCUT2D eigenvalue weighted by Crippen LogP contribution is 2.28. The van der Waals surface area contributed by atoms with Crippen molar-refractivity contribution >= 4 is 37.3 Å². The summed E-state index contributed by atoms with van der Waals surface area (Å²) >= 11 is 1.09. The zero-order valence-corrected chi connectivity index (χ0v) is 19.6. The fraction of sp³-hybridized carbons (Fsp3) is 0.238. The van der Waals surface area contributed by atoms with Crippen LogP contribution in [0.3, 0.4) is 0 Å². The highest BCUT2D eigenvalue weighted by molar-refractivity contribution is 7.90. The molecule has 168 valence electrons. The Kier molecular flexibility index (Phi) is 6.17. The topological polar surface area (TPSA) is 114 Å². The van der Waals surface area contributed by atoms with Gasteiger partial charge in [0.05, 0.1) is 15.5 Å². The molecule has 2 heterocycles. The van der Waals surface area contributed by atoms with Crippen molar-refractivity contribution in [3.8, 4) is 10.6 Å². The van der Waals surface area contributed by atoms with Crippen molar-refractivity contribution in [1.82, 2.24) is 14.0 Å². The van der Waals surface area contributed by atoms with Crippen LogP contribution in [0.2, 0.25) is 0 Å². The summed E-state index contributed by atoms with van der Waals surface area (Å²) < 4.78 is 54.6. The number of benzene rings is 2. The molecule has 11 heteroatoms. The van der Waals surface area contributed by atoms with Crippen molar-refractivity contribution in [1.29, 1.82) is 0 Å². The van der Waals surface area contributed by atoms with Gasteiger partial charge in [-0.15, -0.1) is 11.3 Å². The maximum Gasteiger partial charge on any atom is 0.277 e. The minimum absolute atomic E-state index is 0.116. The highest BCUT2D eigenvalue weighted by Gasteiger charge is 2.29. The molecule has 0 unspecified atom stereocenters. The molecule has 0 radical (unpaired) electrons. The van der Waals surface area contributed by atoms with Gasteiger partial charge in [0.25, 0.3) is 15.9 Å². The SMILES string of the molecule is Cc1nc(-c2ccccc2)sc1C(=O)NS(=O)(=O)c1cccc(S(=O)(=O)N2CCCC2)c1. The van der Waals surface area contributed by atoms with Crippen LogP contribution in [0.25, 0.3) is 10.6 Å². The fourth-order valence-corrected chi connectivity index (χ4v) is 7.09. The Morgan fingerprint density at radius 3 is 2.31 bits per heavy atom. The normalized spacial score (nSPS) is 15.0. The van der Waals surface area contributed by atoms with Gasteiger partial charge in [0, 0.05) is 18.7 Å². The number of rotatable bonds is 6. The largest absolute Gasteiger partial charge is 0.277 e. The zero-order valence-electron chi connectivity index (χ0n) is 17.2. The van der Waals surface area contributed by atoms with E-state index in [4.69, 9.17) is 0 Å². The van der Waals surface area contributed by atoms with Crippen LogP contribution in [0, 0.1) is 6.92 Å². The number of carbonyl (C=O) groups is 1. The summed E-state index contributed by atoms with van der Waals surface area (Å²) in [5.41, 5.74) is 1.23. The second-order valence-electron chi connectivity index (χ2n) is 7.32. The third kappa shape index (κ3) is 4.46. The number of thiazole rings is 1. The van der Waals surface area contributed by atoms with Crippen LogP contribution in [-0.2, 0) is 20.0 Å². The van der Waals surface area contributed by atoms with E-state index < -0.39 is 26.0 Å². The molecule has 1 amide bonds. The lowest BCUT2D eigenvalue weighted by molar-refractivity contribution is 0.0984. The molecule has 0 aliphatic carbocycles. The van der Waals surface area contributed by atoms with Gasteiger partial charge in [-0.25, -0.2) is 26.5 Å². The van der Waals surface area contributed by atoms with E-state index in [1.54, 1.807) is 6.92 Å². The van der Waals surface area contributed by atoms with Gasteiger partial charge < -0.3 is 0 Å². The van der Waals surface area contributed by atoms with Gasteiger partial charge in [0.15, 0.2) is 0 Å². The average Bonchev–Trinajstić information content (AvgIpc) is 3.45. The van der Waals surface area contributed by atoms with E-state index in [0.717, 1.165) is 35.8 Å². The number of nitrogens with zero attached hydrogens (tertiary/aromatic N) is 2. The first kappa shape index (κ1) is 22.6. The summed E-state index contributed by atoms with van der Waals surface area (Å²) in [7, 11) is -8.08. The fourth-order valence-electron chi connectivity index (χ4n) is 3.42. The quantitative estimate of drug-likeness (QED) is 0.567.